The van der Waals surface area contributed by atoms with Crippen molar-refractivity contribution < 1.29 is 9.59 Å². The summed E-state index contributed by atoms with van der Waals surface area (Å²) in [4.78, 5) is 31.9. The molecule has 0 bridgehead atoms. The van der Waals surface area contributed by atoms with Crippen molar-refractivity contribution in [3.8, 4) is 0 Å². The topological polar surface area (TPSA) is 43.9 Å². The third-order valence-electron chi connectivity index (χ3n) is 5.71. The maximum Gasteiger partial charge on any atom is 0.254 e. The first kappa shape index (κ1) is 17.9. The van der Waals surface area contributed by atoms with Crippen LogP contribution in [0.15, 0.2) is 18.2 Å². The molecule has 0 saturated carbocycles. The third kappa shape index (κ3) is 3.87. The first-order chi connectivity index (χ1) is 12.0. The Hall–Kier alpha value is -1.88. The molecule has 0 unspecified atom stereocenters. The zero-order valence-corrected chi connectivity index (χ0v) is 15.6. The number of benzene rings is 1. The molecule has 2 amide bonds. The average Bonchev–Trinajstić information content (AvgIpc) is 2.63. The minimum absolute atomic E-state index is 0.0498. The van der Waals surface area contributed by atoms with Gasteiger partial charge in [-0.2, -0.15) is 0 Å². The highest BCUT2D eigenvalue weighted by Gasteiger charge is 2.32. The molecule has 2 aliphatic rings. The van der Waals surface area contributed by atoms with Crippen LogP contribution in [0.4, 0.5) is 0 Å². The van der Waals surface area contributed by atoms with Gasteiger partial charge in [-0.15, -0.1) is 0 Å². The lowest BCUT2D eigenvalue weighted by molar-refractivity contribution is -0.138. The summed E-state index contributed by atoms with van der Waals surface area (Å²) in [5.74, 6) is 0.245. The van der Waals surface area contributed by atoms with Crippen LogP contribution in [0, 0.1) is 19.8 Å². The minimum atomic E-state index is -0.0498. The van der Waals surface area contributed by atoms with Crippen molar-refractivity contribution in [2.24, 2.45) is 5.92 Å². The molecular formula is C20H29N3O2. The standard InChI is InChI=1S/C20H29N3O2/c1-15-6-4-8-18(16(15)2)20(25)23-9-5-7-17(14-23)19(24)22-12-10-21(3)11-13-22/h4,6,8,17H,5,7,9-14H2,1-3H3/t17-/m0/s1. The number of aryl methyl sites for hydroxylation is 1. The molecule has 1 aromatic rings. The van der Waals surface area contributed by atoms with Gasteiger partial charge < -0.3 is 14.7 Å². The lowest BCUT2D eigenvalue weighted by Crippen LogP contribution is -2.52. The Kier molecular flexibility index (Phi) is 5.42. The molecule has 2 heterocycles. The highest BCUT2D eigenvalue weighted by atomic mass is 16.2. The number of carbonyl (C=O) groups excluding carboxylic acids is 2. The molecule has 0 radical (unpaired) electrons. The van der Waals surface area contributed by atoms with Crippen molar-refractivity contribution in [1.29, 1.82) is 0 Å². The molecule has 2 fully saturated rings. The van der Waals surface area contributed by atoms with E-state index in [1.165, 1.54) is 0 Å². The fourth-order valence-electron chi connectivity index (χ4n) is 3.80. The molecule has 0 N–H and O–H groups in total. The maximum atomic E-state index is 13.0. The molecule has 0 spiro atoms. The highest BCUT2D eigenvalue weighted by molar-refractivity contribution is 5.96. The number of hydrogen-bond acceptors (Lipinski definition) is 3. The Bertz CT molecular complexity index is 650. The molecule has 1 atom stereocenters. The molecule has 2 aliphatic heterocycles. The van der Waals surface area contributed by atoms with Crippen molar-refractivity contribution in [2.75, 3.05) is 46.3 Å². The van der Waals surface area contributed by atoms with E-state index in [1.54, 1.807) is 0 Å². The fraction of sp³-hybridized carbons (Fsp3) is 0.600. The second-order valence-corrected chi connectivity index (χ2v) is 7.47. The zero-order chi connectivity index (χ0) is 18.0. The van der Waals surface area contributed by atoms with Crippen LogP contribution in [0.1, 0.15) is 34.3 Å². The maximum absolute atomic E-state index is 13.0. The van der Waals surface area contributed by atoms with E-state index in [2.05, 4.69) is 11.9 Å². The Balaban J connectivity index is 1.67. The number of hydrogen-bond donors (Lipinski definition) is 0. The molecule has 5 nitrogen and oxygen atoms in total. The van der Waals surface area contributed by atoms with E-state index in [1.807, 2.05) is 41.8 Å². The lowest BCUT2D eigenvalue weighted by Gasteiger charge is -2.38. The molecule has 3 rings (SSSR count). The van der Waals surface area contributed by atoms with Crippen molar-refractivity contribution >= 4 is 11.8 Å². The second kappa shape index (κ2) is 7.56. The predicted molar refractivity (Wildman–Crippen MR) is 98.6 cm³/mol. The quantitative estimate of drug-likeness (QED) is 0.824. The zero-order valence-electron chi connectivity index (χ0n) is 15.6. The molecular weight excluding hydrogens is 314 g/mol. The van der Waals surface area contributed by atoms with Crippen LogP contribution in [0.25, 0.3) is 0 Å². The predicted octanol–water partition coefficient (Wildman–Crippen LogP) is 1.93. The monoisotopic (exact) mass is 343 g/mol. The Morgan fingerprint density at radius 2 is 1.72 bits per heavy atom. The number of rotatable bonds is 2. The van der Waals surface area contributed by atoms with E-state index in [-0.39, 0.29) is 17.7 Å². The molecule has 136 valence electrons. The number of nitrogens with zero attached hydrogens (tertiary/aromatic N) is 3. The molecule has 25 heavy (non-hydrogen) atoms. The second-order valence-electron chi connectivity index (χ2n) is 7.47. The molecule has 1 aromatic carbocycles. The number of likely N-dealkylation sites (tertiary alicyclic amines) is 1. The van der Waals surface area contributed by atoms with Crippen LogP contribution in [0.2, 0.25) is 0 Å². The summed E-state index contributed by atoms with van der Waals surface area (Å²) in [5.41, 5.74) is 2.95. The van der Waals surface area contributed by atoms with Crippen LogP contribution in [-0.4, -0.2) is 72.8 Å². The smallest absolute Gasteiger partial charge is 0.254 e. The Morgan fingerprint density at radius 1 is 1.00 bits per heavy atom. The van der Waals surface area contributed by atoms with Gasteiger partial charge in [0.2, 0.25) is 5.91 Å². The minimum Gasteiger partial charge on any atom is -0.340 e. The summed E-state index contributed by atoms with van der Waals surface area (Å²) in [6, 6.07) is 5.87. The average molecular weight is 343 g/mol. The van der Waals surface area contributed by atoms with Crippen LogP contribution in [-0.2, 0) is 4.79 Å². The van der Waals surface area contributed by atoms with Crippen LogP contribution < -0.4 is 0 Å². The van der Waals surface area contributed by atoms with Gasteiger partial charge in [0.05, 0.1) is 5.92 Å². The van der Waals surface area contributed by atoms with Crippen LogP contribution in [0.3, 0.4) is 0 Å². The van der Waals surface area contributed by atoms with E-state index in [0.717, 1.165) is 62.3 Å². The van der Waals surface area contributed by atoms with Gasteiger partial charge in [-0.25, -0.2) is 0 Å². The first-order valence-electron chi connectivity index (χ1n) is 9.30. The van der Waals surface area contributed by atoms with Crippen molar-refractivity contribution in [3.05, 3.63) is 34.9 Å². The number of amides is 2. The molecule has 0 aliphatic carbocycles. The van der Waals surface area contributed by atoms with Gasteiger partial charge in [0, 0.05) is 44.8 Å². The van der Waals surface area contributed by atoms with Gasteiger partial charge in [-0.3, -0.25) is 9.59 Å². The SMILES string of the molecule is Cc1cccc(C(=O)N2CCC[C@H](C(=O)N3CCN(C)CC3)C2)c1C. The summed E-state index contributed by atoms with van der Waals surface area (Å²) in [6.45, 7) is 8.80. The van der Waals surface area contributed by atoms with Gasteiger partial charge in [0.25, 0.3) is 5.91 Å². The van der Waals surface area contributed by atoms with Crippen molar-refractivity contribution in [3.63, 3.8) is 0 Å². The summed E-state index contributed by atoms with van der Waals surface area (Å²) < 4.78 is 0. The fourth-order valence-corrected chi connectivity index (χ4v) is 3.80. The number of piperidine rings is 1. The summed E-state index contributed by atoms with van der Waals surface area (Å²) in [7, 11) is 2.09. The largest absolute Gasteiger partial charge is 0.340 e. The molecule has 0 aromatic heterocycles. The van der Waals surface area contributed by atoms with E-state index in [4.69, 9.17) is 0 Å². The van der Waals surface area contributed by atoms with E-state index in [9.17, 15) is 9.59 Å². The normalized spacial score (nSPS) is 22.1. The van der Waals surface area contributed by atoms with Crippen molar-refractivity contribution in [2.45, 2.75) is 26.7 Å². The lowest BCUT2D eigenvalue weighted by atomic mass is 9.94. The van der Waals surface area contributed by atoms with Gasteiger partial charge in [-0.05, 0) is 50.9 Å². The Morgan fingerprint density at radius 3 is 2.44 bits per heavy atom. The van der Waals surface area contributed by atoms with Gasteiger partial charge in [-0.1, -0.05) is 12.1 Å². The highest BCUT2D eigenvalue weighted by Crippen LogP contribution is 2.23. The van der Waals surface area contributed by atoms with Crippen molar-refractivity contribution in [1.82, 2.24) is 14.7 Å². The van der Waals surface area contributed by atoms with E-state index in [0.29, 0.717) is 6.54 Å². The van der Waals surface area contributed by atoms with E-state index < -0.39 is 0 Å². The summed E-state index contributed by atoms with van der Waals surface area (Å²) >= 11 is 0. The first-order valence-corrected chi connectivity index (χ1v) is 9.30. The summed E-state index contributed by atoms with van der Waals surface area (Å²) in [6.07, 6.45) is 1.79. The number of piperazine rings is 1. The Labute approximate surface area is 150 Å². The van der Waals surface area contributed by atoms with Crippen LogP contribution >= 0.6 is 0 Å². The number of carbonyl (C=O) groups is 2. The van der Waals surface area contributed by atoms with Gasteiger partial charge >= 0.3 is 0 Å². The van der Waals surface area contributed by atoms with Crippen LogP contribution in [0.5, 0.6) is 0 Å². The molecule has 5 heteroatoms. The van der Waals surface area contributed by atoms with Gasteiger partial charge in [0.15, 0.2) is 0 Å². The van der Waals surface area contributed by atoms with E-state index >= 15 is 0 Å². The molecule has 2 saturated heterocycles. The van der Waals surface area contributed by atoms with Gasteiger partial charge in [0.1, 0.15) is 0 Å². The number of likely N-dealkylation sites (N-methyl/N-ethyl adjacent to an activating group) is 1. The summed E-state index contributed by atoms with van der Waals surface area (Å²) in [5, 5.41) is 0. The third-order valence-corrected chi connectivity index (χ3v) is 5.71.